The second-order valence-electron chi connectivity index (χ2n) is 10.3. The first-order valence-corrected chi connectivity index (χ1v) is 13.4. The first-order valence-electron chi connectivity index (χ1n) is 13.4. The van der Waals surface area contributed by atoms with Gasteiger partial charge >= 0.3 is 0 Å². The Kier molecular flexibility index (Phi) is 9.28. The zero-order chi connectivity index (χ0) is 31.9. The van der Waals surface area contributed by atoms with Crippen LogP contribution in [0, 0.1) is 0 Å². The highest BCUT2D eigenvalue weighted by atomic mass is 16.7. The summed E-state index contributed by atoms with van der Waals surface area (Å²) in [7, 11) is 1.45. The predicted molar refractivity (Wildman–Crippen MR) is 145 cm³/mol. The Morgan fingerprint density at radius 3 is 2.05 bits per heavy atom. The molecule has 2 fully saturated rings. The number of aromatic hydroxyl groups is 2. The van der Waals surface area contributed by atoms with Crippen molar-refractivity contribution < 1.29 is 74.1 Å². The van der Waals surface area contributed by atoms with Crippen LogP contribution in [0.15, 0.2) is 45.6 Å². The SMILES string of the molecule is COc1ccc(-c2oc3cc(O)cc(O)c3c(=O)c2O[C@@H]2O[C@H](CO[C@@H]3O[C@H](CO)[C@@H](O)[C@H](O)[C@H]3O)[C@@H](O)[C@H](O)[C@H]2O)cc1. The summed E-state index contributed by atoms with van der Waals surface area (Å²) in [5.41, 5.74) is -0.854. The van der Waals surface area contributed by atoms with Crippen molar-refractivity contribution >= 4 is 11.0 Å². The maximum absolute atomic E-state index is 13.6. The highest BCUT2D eigenvalue weighted by Crippen LogP contribution is 2.37. The zero-order valence-corrected chi connectivity index (χ0v) is 23.0. The molecular formula is C28H32O16. The maximum Gasteiger partial charge on any atom is 0.239 e. The largest absolute Gasteiger partial charge is 0.508 e. The molecule has 0 amide bonds. The smallest absolute Gasteiger partial charge is 0.239 e. The Labute approximate surface area is 248 Å². The van der Waals surface area contributed by atoms with Gasteiger partial charge in [0.2, 0.25) is 17.5 Å². The van der Waals surface area contributed by atoms with Gasteiger partial charge in [0, 0.05) is 17.7 Å². The van der Waals surface area contributed by atoms with E-state index in [-0.39, 0.29) is 22.3 Å². The summed E-state index contributed by atoms with van der Waals surface area (Å²) in [6.45, 7) is -1.35. The van der Waals surface area contributed by atoms with E-state index in [0.717, 1.165) is 12.1 Å². The van der Waals surface area contributed by atoms with E-state index in [0.29, 0.717) is 5.75 Å². The molecule has 2 saturated heterocycles. The van der Waals surface area contributed by atoms with Gasteiger partial charge in [-0.25, -0.2) is 0 Å². The van der Waals surface area contributed by atoms with Crippen LogP contribution in [-0.4, -0.2) is 128 Å². The minimum absolute atomic E-state index is 0.197. The molecule has 5 rings (SSSR count). The molecule has 240 valence electrons. The molecule has 44 heavy (non-hydrogen) atoms. The lowest BCUT2D eigenvalue weighted by atomic mass is 9.98. The van der Waals surface area contributed by atoms with Gasteiger partial charge in [-0.15, -0.1) is 0 Å². The highest BCUT2D eigenvalue weighted by Gasteiger charge is 2.48. The van der Waals surface area contributed by atoms with Gasteiger partial charge in [0.1, 0.15) is 77.0 Å². The van der Waals surface area contributed by atoms with E-state index in [1.807, 2.05) is 0 Å². The van der Waals surface area contributed by atoms with Gasteiger partial charge < -0.3 is 74.1 Å². The van der Waals surface area contributed by atoms with Crippen molar-refractivity contribution in [1.29, 1.82) is 0 Å². The lowest BCUT2D eigenvalue weighted by Gasteiger charge is -2.42. The lowest BCUT2D eigenvalue weighted by Crippen LogP contribution is -2.62. The molecular weight excluding hydrogens is 592 g/mol. The third-order valence-electron chi connectivity index (χ3n) is 7.45. The Morgan fingerprint density at radius 1 is 0.795 bits per heavy atom. The highest BCUT2D eigenvalue weighted by molar-refractivity contribution is 5.88. The van der Waals surface area contributed by atoms with E-state index in [1.54, 1.807) is 12.1 Å². The second-order valence-corrected chi connectivity index (χ2v) is 10.3. The summed E-state index contributed by atoms with van der Waals surface area (Å²) in [5.74, 6) is -1.32. The predicted octanol–water partition coefficient (Wildman–Crippen LogP) is -2.12. The van der Waals surface area contributed by atoms with Crippen LogP contribution in [0.25, 0.3) is 22.3 Å². The Hall–Kier alpha value is -3.55. The molecule has 0 unspecified atom stereocenters. The molecule has 0 bridgehead atoms. The summed E-state index contributed by atoms with van der Waals surface area (Å²) >= 11 is 0. The van der Waals surface area contributed by atoms with Gasteiger partial charge in [0.25, 0.3) is 0 Å². The van der Waals surface area contributed by atoms with Crippen LogP contribution in [0.2, 0.25) is 0 Å². The van der Waals surface area contributed by atoms with Crippen molar-refractivity contribution in [3.05, 3.63) is 46.6 Å². The molecule has 2 aliphatic heterocycles. The third-order valence-corrected chi connectivity index (χ3v) is 7.45. The number of ether oxygens (including phenoxy) is 5. The van der Waals surface area contributed by atoms with E-state index in [2.05, 4.69) is 0 Å². The van der Waals surface area contributed by atoms with Crippen LogP contribution in [-0.2, 0) is 14.2 Å². The third kappa shape index (κ3) is 5.92. The molecule has 1 aromatic heterocycles. The molecule has 2 aliphatic rings. The first kappa shape index (κ1) is 31.9. The van der Waals surface area contributed by atoms with Crippen LogP contribution in [0.5, 0.6) is 23.0 Å². The molecule has 0 radical (unpaired) electrons. The number of fused-ring (bicyclic) bond motifs is 1. The maximum atomic E-state index is 13.6. The van der Waals surface area contributed by atoms with E-state index >= 15 is 0 Å². The fourth-order valence-corrected chi connectivity index (χ4v) is 4.97. The van der Waals surface area contributed by atoms with Crippen molar-refractivity contribution in [2.75, 3.05) is 20.3 Å². The fourth-order valence-electron chi connectivity index (χ4n) is 4.97. The molecule has 9 N–H and O–H groups in total. The summed E-state index contributed by atoms with van der Waals surface area (Å²) in [5, 5.41) is 91.4. The van der Waals surface area contributed by atoms with E-state index in [1.165, 1.54) is 19.2 Å². The number of aliphatic hydroxyl groups is 7. The molecule has 3 heterocycles. The molecule has 0 saturated carbocycles. The van der Waals surface area contributed by atoms with Gasteiger partial charge in [0.15, 0.2) is 12.1 Å². The monoisotopic (exact) mass is 624 g/mol. The molecule has 0 spiro atoms. The molecule has 16 nitrogen and oxygen atoms in total. The number of benzene rings is 2. The number of aliphatic hydroxyl groups excluding tert-OH is 7. The summed E-state index contributed by atoms with van der Waals surface area (Å²) < 4.78 is 33.1. The summed E-state index contributed by atoms with van der Waals surface area (Å²) in [4.78, 5) is 13.6. The van der Waals surface area contributed by atoms with Crippen molar-refractivity contribution in [3.8, 4) is 34.3 Å². The molecule has 0 aliphatic carbocycles. The number of phenolic OH excluding ortho intramolecular Hbond substituents is 2. The van der Waals surface area contributed by atoms with Crippen LogP contribution in [0.4, 0.5) is 0 Å². The molecule has 10 atom stereocenters. The van der Waals surface area contributed by atoms with Gasteiger partial charge in [-0.3, -0.25) is 4.79 Å². The standard InChI is InChI=1S/C28H32O16/c1-39-12-4-2-10(3-5-12)25-26(20(34)17-13(31)6-11(30)7-14(17)41-25)44-28-24(38)22(36)19(33)16(43-28)9-40-27-23(37)21(35)18(32)15(8-29)42-27/h2-7,15-16,18-19,21-24,27-33,35-38H,8-9H2,1H3/t15-,16-,18-,19-,21+,22+,23-,24-,27-,28+/m1/s1. The Balaban J connectivity index is 1.46. The fraction of sp³-hybridized carbons (Fsp3) is 0.464. The van der Waals surface area contributed by atoms with E-state index < -0.39 is 97.3 Å². The van der Waals surface area contributed by atoms with Crippen molar-refractivity contribution in [2.24, 2.45) is 0 Å². The lowest BCUT2D eigenvalue weighted by molar-refractivity contribution is -0.323. The average Bonchev–Trinajstić information content (AvgIpc) is 3.01. The number of rotatable bonds is 8. The molecule has 2 aromatic carbocycles. The van der Waals surface area contributed by atoms with Crippen molar-refractivity contribution in [3.63, 3.8) is 0 Å². The Morgan fingerprint density at radius 2 is 1.41 bits per heavy atom. The summed E-state index contributed by atoms with van der Waals surface area (Å²) in [6, 6.07) is 8.17. The van der Waals surface area contributed by atoms with Crippen molar-refractivity contribution in [1.82, 2.24) is 0 Å². The normalized spacial score (nSPS) is 32.5. The second kappa shape index (κ2) is 12.8. The van der Waals surface area contributed by atoms with Crippen LogP contribution in [0.3, 0.4) is 0 Å². The van der Waals surface area contributed by atoms with E-state index in [9.17, 15) is 50.8 Å². The van der Waals surface area contributed by atoms with Crippen LogP contribution in [0.1, 0.15) is 0 Å². The van der Waals surface area contributed by atoms with Gasteiger partial charge in [-0.2, -0.15) is 0 Å². The quantitative estimate of drug-likeness (QED) is 0.130. The number of phenols is 2. The Bertz CT molecular complexity index is 1510. The number of hydrogen-bond acceptors (Lipinski definition) is 16. The van der Waals surface area contributed by atoms with Crippen LogP contribution >= 0.6 is 0 Å². The van der Waals surface area contributed by atoms with Gasteiger partial charge in [0.05, 0.1) is 20.3 Å². The molecule has 3 aromatic rings. The van der Waals surface area contributed by atoms with Gasteiger partial charge in [-0.1, -0.05) is 0 Å². The minimum Gasteiger partial charge on any atom is -0.508 e. The number of methoxy groups -OCH3 is 1. The number of hydrogen-bond donors (Lipinski definition) is 9. The minimum atomic E-state index is -1.93. The summed E-state index contributed by atoms with van der Waals surface area (Å²) in [6.07, 6.45) is -17.0. The van der Waals surface area contributed by atoms with E-state index in [4.69, 9.17) is 28.1 Å². The average molecular weight is 625 g/mol. The topological polar surface area (TPSA) is 258 Å². The van der Waals surface area contributed by atoms with Crippen molar-refractivity contribution in [2.45, 2.75) is 61.4 Å². The molecule has 16 heteroatoms. The van der Waals surface area contributed by atoms with Gasteiger partial charge in [-0.05, 0) is 24.3 Å². The zero-order valence-electron chi connectivity index (χ0n) is 23.0. The first-order chi connectivity index (χ1) is 20.9. The van der Waals surface area contributed by atoms with Crippen LogP contribution < -0.4 is 14.9 Å².